The van der Waals surface area contributed by atoms with Gasteiger partial charge in [0.05, 0.1) is 0 Å². The van der Waals surface area contributed by atoms with Crippen LogP contribution in [0, 0.1) is 0 Å². The predicted molar refractivity (Wildman–Crippen MR) is 84.4 cm³/mol. The Kier molecular flexibility index (Phi) is 3.52. The van der Waals surface area contributed by atoms with Crippen molar-refractivity contribution < 1.29 is 4.79 Å². The molecule has 0 radical (unpaired) electrons. The van der Waals surface area contributed by atoms with Crippen LogP contribution in [-0.2, 0) is 11.2 Å². The molecule has 1 aromatic rings. The molecule has 0 aliphatic carbocycles. The summed E-state index contributed by atoms with van der Waals surface area (Å²) < 4.78 is 0. The maximum Gasteiger partial charge on any atom is 0.240 e. The smallest absolute Gasteiger partial charge is 0.240 e. The zero-order chi connectivity index (χ0) is 13.5. The summed E-state index contributed by atoms with van der Waals surface area (Å²) >= 11 is 3.65. The molecule has 1 aromatic heterocycles. The van der Waals surface area contributed by atoms with Crippen molar-refractivity contribution in [2.45, 2.75) is 43.0 Å². The SMILES string of the molecule is O=C(C1SCCc2sccc21)N1CCC2CCC(C1)N2. The van der Waals surface area contributed by atoms with Gasteiger partial charge in [-0.1, -0.05) is 0 Å². The van der Waals surface area contributed by atoms with Crippen molar-refractivity contribution in [3.05, 3.63) is 21.9 Å². The molecule has 4 rings (SSSR count). The van der Waals surface area contributed by atoms with E-state index in [-0.39, 0.29) is 5.25 Å². The van der Waals surface area contributed by atoms with Crippen LogP contribution in [0.5, 0.6) is 0 Å². The Hall–Kier alpha value is -0.520. The molecule has 2 saturated heterocycles. The Balaban J connectivity index is 1.53. The molecule has 1 N–H and O–H groups in total. The van der Waals surface area contributed by atoms with Gasteiger partial charge in [-0.05, 0) is 48.4 Å². The van der Waals surface area contributed by atoms with Crippen LogP contribution < -0.4 is 5.32 Å². The van der Waals surface area contributed by atoms with E-state index in [0.717, 1.165) is 31.7 Å². The van der Waals surface area contributed by atoms with Crippen LogP contribution in [0.2, 0.25) is 0 Å². The molecular formula is C15H20N2OS2. The predicted octanol–water partition coefficient (Wildman–Crippen LogP) is 2.43. The van der Waals surface area contributed by atoms with Gasteiger partial charge >= 0.3 is 0 Å². The molecule has 3 unspecified atom stereocenters. The van der Waals surface area contributed by atoms with E-state index in [1.807, 2.05) is 23.1 Å². The van der Waals surface area contributed by atoms with Crippen molar-refractivity contribution in [2.24, 2.45) is 0 Å². The van der Waals surface area contributed by atoms with Gasteiger partial charge < -0.3 is 10.2 Å². The van der Waals surface area contributed by atoms with Gasteiger partial charge in [-0.15, -0.1) is 23.1 Å². The highest BCUT2D eigenvalue weighted by molar-refractivity contribution is 8.00. The Morgan fingerprint density at radius 1 is 1.30 bits per heavy atom. The number of fused-ring (bicyclic) bond motifs is 3. The topological polar surface area (TPSA) is 32.3 Å². The number of nitrogens with one attached hydrogen (secondary N) is 1. The van der Waals surface area contributed by atoms with E-state index in [0.29, 0.717) is 18.0 Å². The minimum Gasteiger partial charge on any atom is -0.340 e. The average Bonchev–Trinajstić information content (AvgIpc) is 3.04. The van der Waals surface area contributed by atoms with Crippen molar-refractivity contribution >= 4 is 29.0 Å². The van der Waals surface area contributed by atoms with Crippen LogP contribution >= 0.6 is 23.1 Å². The standard InChI is InChI=1S/C15H20N2OS2/c18-15(14-12-4-7-19-13(12)5-8-20-14)17-6-3-10-1-2-11(9-17)16-10/h4,7,10-11,14,16H,1-3,5-6,8-9H2. The van der Waals surface area contributed by atoms with Crippen LogP contribution in [0.4, 0.5) is 0 Å². The van der Waals surface area contributed by atoms with Crippen LogP contribution in [0.25, 0.3) is 0 Å². The van der Waals surface area contributed by atoms with E-state index in [1.54, 1.807) is 0 Å². The van der Waals surface area contributed by atoms with Gasteiger partial charge in [-0.2, -0.15) is 0 Å². The van der Waals surface area contributed by atoms with Gasteiger partial charge in [0.15, 0.2) is 0 Å². The third-order valence-electron chi connectivity index (χ3n) is 4.74. The number of carbonyl (C=O) groups excluding carboxylic acids is 1. The molecule has 0 saturated carbocycles. The summed E-state index contributed by atoms with van der Waals surface area (Å²) in [5, 5.41) is 5.85. The monoisotopic (exact) mass is 308 g/mol. The highest BCUT2D eigenvalue weighted by Crippen LogP contribution is 2.40. The summed E-state index contributed by atoms with van der Waals surface area (Å²) in [6.07, 6.45) is 4.78. The number of carbonyl (C=O) groups is 1. The molecule has 0 spiro atoms. The number of amides is 1. The van der Waals surface area contributed by atoms with Crippen molar-refractivity contribution in [1.82, 2.24) is 10.2 Å². The number of thiophene rings is 1. The Bertz CT molecular complexity index is 516. The Morgan fingerprint density at radius 2 is 2.20 bits per heavy atom. The minimum absolute atomic E-state index is 0.0571. The molecule has 3 aliphatic heterocycles. The molecule has 0 aromatic carbocycles. The summed E-state index contributed by atoms with van der Waals surface area (Å²) in [6.45, 7) is 1.84. The normalized spacial score (nSPS) is 32.8. The number of likely N-dealkylation sites (tertiary alicyclic amines) is 1. The van der Waals surface area contributed by atoms with Gasteiger partial charge in [-0.25, -0.2) is 0 Å². The molecule has 5 heteroatoms. The van der Waals surface area contributed by atoms with Crippen LogP contribution in [0.1, 0.15) is 35.0 Å². The molecule has 2 fully saturated rings. The lowest BCUT2D eigenvalue weighted by Gasteiger charge is -2.30. The summed E-state index contributed by atoms with van der Waals surface area (Å²) in [6, 6.07) is 3.34. The summed E-state index contributed by atoms with van der Waals surface area (Å²) in [4.78, 5) is 16.5. The highest BCUT2D eigenvalue weighted by Gasteiger charge is 2.36. The largest absolute Gasteiger partial charge is 0.340 e. The molecular weight excluding hydrogens is 288 g/mol. The zero-order valence-electron chi connectivity index (χ0n) is 11.5. The first-order valence-electron chi connectivity index (χ1n) is 7.54. The van der Waals surface area contributed by atoms with Crippen molar-refractivity contribution in [3.8, 4) is 0 Å². The number of nitrogens with zero attached hydrogens (tertiary/aromatic N) is 1. The molecule has 3 nitrogen and oxygen atoms in total. The molecule has 3 atom stereocenters. The minimum atomic E-state index is 0.0571. The van der Waals surface area contributed by atoms with Gasteiger partial charge in [0, 0.05) is 30.1 Å². The van der Waals surface area contributed by atoms with Crippen LogP contribution in [-0.4, -0.2) is 41.7 Å². The number of aryl methyl sites for hydroxylation is 1. The third-order valence-corrected chi connectivity index (χ3v) is 6.96. The average molecular weight is 308 g/mol. The van der Waals surface area contributed by atoms with E-state index in [4.69, 9.17) is 0 Å². The molecule has 20 heavy (non-hydrogen) atoms. The molecule has 3 aliphatic rings. The zero-order valence-corrected chi connectivity index (χ0v) is 13.1. The van der Waals surface area contributed by atoms with Crippen LogP contribution in [0.3, 0.4) is 0 Å². The Labute approximate surface area is 128 Å². The molecule has 2 bridgehead atoms. The van der Waals surface area contributed by atoms with Gasteiger partial charge in [0.2, 0.25) is 5.91 Å². The Morgan fingerprint density at radius 3 is 3.15 bits per heavy atom. The second kappa shape index (κ2) is 5.35. The lowest BCUT2D eigenvalue weighted by atomic mass is 10.1. The number of thioether (sulfide) groups is 1. The third kappa shape index (κ3) is 2.30. The first-order valence-corrected chi connectivity index (χ1v) is 9.47. The summed E-state index contributed by atoms with van der Waals surface area (Å²) in [5.74, 6) is 1.44. The quantitative estimate of drug-likeness (QED) is 0.865. The van der Waals surface area contributed by atoms with Gasteiger partial charge in [0.25, 0.3) is 0 Å². The second-order valence-corrected chi connectivity index (χ2v) is 8.22. The van der Waals surface area contributed by atoms with E-state index in [2.05, 4.69) is 21.7 Å². The number of hydrogen-bond donors (Lipinski definition) is 1. The summed E-state index contributed by atoms with van der Waals surface area (Å²) in [7, 11) is 0. The van der Waals surface area contributed by atoms with Crippen molar-refractivity contribution in [2.75, 3.05) is 18.8 Å². The lowest BCUT2D eigenvalue weighted by molar-refractivity contribution is -0.131. The van der Waals surface area contributed by atoms with Crippen LogP contribution in [0.15, 0.2) is 11.4 Å². The fraction of sp³-hybridized carbons (Fsp3) is 0.667. The van der Waals surface area contributed by atoms with E-state index in [9.17, 15) is 4.79 Å². The van der Waals surface area contributed by atoms with E-state index in [1.165, 1.54) is 23.3 Å². The highest BCUT2D eigenvalue weighted by atomic mass is 32.2. The fourth-order valence-electron chi connectivity index (χ4n) is 3.66. The first-order chi connectivity index (χ1) is 9.81. The number of rotatable bonds is 1. The van der Waals surface area contributed by atoms with Gasteiger partial charge in [0.1, 0.15) is 5.25 Å². The maximum atomic E-state index is 12.9. The molecule has 108 valence electrons. The lowest BCUT2D eigenvalue weighted by Crippen LogP contribution is -2.41. The van der Waals surface area contributed by atoms with E-state index < -0.39 is 0 Å². The first kappa shape index (κ1) is 13.2. The number of hydrogen-bond acceptors (Lipinski definition) is 4. The van der Waals surface area contributed by atoms with Gasteiger partial charge in [-0.3, -0.25) is 4.79 Å². The summed E-state index contributed by atoms with van der Waals surface area (Å²) in [5.41, 5.74) is 1.29. The fourth-order valence-corrected chi connectivity index (χ4v) is 6.03. The maximum absolute atomic E-state index is 12.9. The molecule has 1 amide bonds. The van der Waals surface area contributed by atoms with Crippen molar-refractivity contribution in [1.29, 1.82) is 0 Å². The molecule has 4 heterocycles. The second-order valence-electron chi connectivity index (χ2n) is 6.01. The van der Waals surface area contributed by atoms with Crippen molar-refractivity contribution in [3.63, 3.8) is 0 Å². The van der Waals surface area contributed by atoms with E-state index >= 15 is 0 Å².